The Labute approximate surface area is 121 Å². The number of aromatic nitrogens is 1. The quantitative estimate of drug-likeness (QED) is 0.721. The van der Waals surface area contributed by atoms with Crippen molar-refractivity contribution in [2.24, 2.45) is 0 Å². The van der Waals surface area contributed by atoms with Gasteiger partial charge in [-0.05, 0) is 29.8 Å². The van der Waals surface area contributed by atoms with Crippen LogP contribution in [-0.4, -0.2) is 22.0 Å². The Hall–Kier alpha value is -2.89. The minimum atomic E-state index is -0.944. The van der Waals surface area contributed by atoms with Gasteiger partial charge in [0, 0.05) is 5.69 Å². The van der Waals surface area contributed by atoms with E-state index in [9.17, 15) is 9.59 Å². The fourth-order valence-corrected chi connectivity index (χ4v) is 1.85. The molecule has 0 radical (unpaired) electrons. The number of amides is 1. The number of carboxylic acids is 1. The molecule has 108 valence electrons. The molecule has 1 aromatic carbocycles. The van der Waals surface area contributed by atoms with Crippen LogP contribution >= 0.6 is 0 Å². The molecule has 0 bridgehead atoms. The van der Waals surface area contributed by atoms with E-state index in [1.54, 1.807) is 30.3 Å². The Kier molecular flexibility index (Phi) is 4.50. The molecular formula is C15H15N3O3. The van der Waals surface area contributed by atoms with Crippen molar-refractivity contribution in [1.29, 1.82) is 0 Å². The van der Waals surface area contributed by atoms with E-state index in [4.69, 9.17) is 10.8 Å². The van der Waals surface area contributed by atoms with Gasteiger partial charge in [-0.1, -0.05) is 12.1 Å². The van der Waals surface area contributed by atoms with Gasteiger partial charge in [0.2, 0.25) is 5.91 Å². The van der Waals surface area contributed by atoms with Gasteiger partial charge >= 0.3 is 5.97 Å². The highest BCUT2D eigenvalue weighted by molar-refractivity contribution is 5.92. The maximum Gasteiger partial charge on any atom is 0.309 e. The van der Waals surface area contributed by atoms with Crippen LogP contribution in [0.4, 0.5) is 11.4 Å². The molecule has 0 fully saturated rings. The predicted molar refractivity (Wildman–Crippen MR) is 78.8 cm³/mol. The zero-order valence-electron chi connectivity index (χ0n) is 11.2. The van der Waals surface area contributed by atoms with Crippen molar-refractivity contribution >= 4 is 23.3 Å². The van der Waals surface area contributed by atoms with Gasteiger partial charge in [0.15, 0.2) is 0 Å². The summed E-state index contributed by atoms with van der Waals surface area (Å²) in [6.07, 6.45) is 1.51. The van der Waals surface area contributed by atoms with E-state index in [0.717, 1.165) is 5.56 Å². The van der Waals surface area contributed by atoms with Crippen LogP contribution in [0.25, 0.3) is 0 Å². The van der Waals surface area contributed by atoms with Crippen LogP contribution in [0.1, 0.15) is 11.3 Å². The molecule has 1 heterocycles. The van der Waals surface area contributed by atoms with E-state index in [-0.39, 0.29) is 18.7 Å². The molecule has 21 heavy (non-hydrogen) atoms. The second kappa shape index (κ2) is 6.51. The zero-order valence-corrected chi connectivity index (χ0v) is 11.2. The van der Waals surface area contributed by atoms with Gasteiger partial charge < -0.3 is 16.2 Å². The summed E-state index contributed by atoms with van der Waals surface area (Å²) in [6.45, 7) is 0. The molecule has 6 heteroatoms. The van der Waals surface area contributed by atoms with E-state index < -0.39 is 5.97 Å². The van der Waals surface area contributed by atoms with Crippen molar-refractivity contribution < 1.29 is 14.7 Å². The SMILES string of the molecule is Nc1cccc(CC(=O)Nc2ccc(CC(=O)O)nc2)c1. The van der Waals surface area contributed by atoms with Crippen LogP contribution in [0.3, 0.4) is 0 Å². The minimum Gasteiger partial charge on any atom is -0.481 e. The molecule has 1 aromatic heterocycles. The first-order valence-corrected chi connectivity index (χ1v) is 6.34. The number of nitrogens with one attached hydrogen (secondary N) is 1. The number of hydrogen-bond donors (Lipinski definition) is 3. The maximum atomic E-state index is 11.9. The van der Waals surface area contributed by atoms with Crippen LogP contribution in [0.15, 0.2) is 42.6 Å². The molecule has 0 unspecified atom stereocenters. The van der Waals surface area contributed by atoms with Crippen molar-refractivity contribution in [2.75, 3.05) is 11.1 Å². The maximum absolute atomic E-state index is 11.9. The highest BCUT2D eigenvalue weighted by Crippen LogP contribution is 2.10. The van der Waals surface area contributed by atoms with E-state index in [1.165, 1.54) is 6.20 Å². The lowest BCUT2D eigenvalue weighted by Gasteiger charge is -2.06. The fourth-order valence-electron chi connectivity index (χ4n) is 1.85. The first-order chi connectivity index (χ1) is 10.0. The van der Waals surface area contributed by atoms with Crippen molar-refractivity contribution in [1.82, 2.24) is 4.98 Å². The summed E-state index contributed by atoms with van der Waals surface area (Å²) in [6, 6.07) is 10.3. The summed E-state index contributed by atoms with van der Waals surface area (Å²) >= 11 is 0. The molecule has 2 aromatic rings. The van der Waals surface area contributed by atoms with Gasteiger partial charge in [-0.2, -0.15) is 0 Å². The molecule has 0 spiro atoms. The summed E-state index contributed by atoms with van der Waals surface area (Å²) in [5, 5.41) is 11.3. The van der Waals surface area contributed by atoms with Crippen LogP contribution in [0.2, 0.25) is 0 Å². The molecule has 0 aliphatic carbocycles. The molecule has 0 aliphatic heterocycles. The largest absolute Gasteiger partial charge is 0.481 e. The number of anilines is 2. The lowest BCUT2D eigenvalue weighted by Crippen LogP contribution is -2.15. The Morgan fingerprint density at radius 3 is 2.62 bits per heavy atom. The summed E-state index contributed by atoms with van der Waals surface area (Å²) < 4.78 is 0. The first-order valence-electron chi connectivity index (χ1n) is 6.34. The van der Waals surface area contributed by atoms with Crippen molar-refractivity contribution in [3.63, 3.8) is 0 Å². The summed E-state index contributed by atoms with van der Waals surface area (Å²) in [5.74, 6) is -1.13. The van der Waals surface area contributed by atoms with Crippen LogP contribution in [0.5, 0.6) is 0 Å². The van der Waals surface area contributed by atoms with Gasteiger partial charge in [0.25, 0.3) is 0 Å². The predicted octanol–water partition coefficient (Wildman–Crippen LogP) is 1.47. The van der Waals surface area contributed by atoms with Gasteiger partial charge in [0.05, 0.1) is 30.4 Å². The van der Waals surface area contributed by atoms with Crippen LogP contribution in [-0.2, 0) is 22.4 Å². The van der Waals surface area contributed by atoms with Crippen molar-refractivity contribution in [3.8, 4) is 0 Å². The first kappa shape index (κ1) is 14.5. The number of nitrogens with two attached hydrogens (primary N) is 1. The molecular weight excluding hydrogens is 270 g/mol. The number of pyridine rings is 1. The molecule has 4 N–H and O–H groups in total. The van der Waals surface area contributed by atoms with Crippen LogP contribution < -0.4 is 11.1 Å². The Morgan fingerprint density at radius 1 is 1.19 bits per heavy atom. The molecule has 0 saturated heterocycles. The number of benzene rings is 1. The fraction of sp³-hybridized carbons (Fsp3) is 0.133. The monoisotopic (exact) mass is 285 g/mol. The average molecular weight is 285 g/mol. The highest BCUT2D eigenvalue weighted by atomic mass is 16.4. The van der Waals surface area contributed by atoms with Gasteiger partial charge in [-0.25, -0.2) is 0 Å². The number of hydrogen-bond acceptors (Lipinski definition) is 4. The summed E-state index contributed by atoms with van der Waals surface area (Å²) in [7, 11) is 0. The normalized spacial score (nSPS) is 10.1. The third kappa shape index (κ3) is 4.61. The molecule has 0 saturated carbocycles. The average Bonchev–Trinajstić information content (AvgIpc) is 2.40. The lowest BCUT2D eigenvalue weighted by molar-refractivity contribution is -0.136. The van der Waals surface area contributed by atoms with Crippen LogP contribution in [0, 0.1) is 0 Å². The van der Waals surface area contributed by atoms with E-state index in [2.05, 4.69) is 10.3 Å². The minimum absolute atomic E-state index is 0.141. The molecule has 2 rings (SSSR count). The summed E-state index contributed by atoms with van der Waals surface area (Å²) in [5.41, 5.74) is 8.05. The Bertz CT molecular complexity index is 653. The third-order valence-corrected chi connectivity index (χ3v) is 2.76. The number of rotatable bonds is 5. The second-order valence-corrected chi connectivity index (χ2v) is 4.58. The molecule has 6 nitrogen and oxygen atoms in total. The zero-order chi connectivity index (χ0) is 15.2. The molecule has 1 amide bonds. The van der Waals surface area contributed by atoms with Gasteiger partial charge in [-0.15, -0.1) is 0 Å². The Balaban J connectivity index is 1.95. The van der Waals surface area contributed by atoms with Gasteiger partial charge in [0.1, 0.15) is 0 Å². The molecule has 0 atom stereocenters. The van der Waals surface area contributed by atoms with Crippen molar-refractivity contribution in [3.05, 3.63) is 53.9 Å². The topological polar surface area (TPSA) is 105 Å². The number of carbonyl (C=O) groups is 2. The summed E-state index contributed by atoms with van der Waals surface area (Å²) in [4.78, 5) is 26.4. The number of nitrogens with zero attached hydrogens (tertiary/aromatic N) is 1. The third-order valence-electron chi connectivity index (χ3n) is 2.76. The van der Waals surface area contributed by atoms with Crippen molar-refractivity contribution in [2.45, 2.75) is 12.8 Å². The highest BCUT2D eigenvalue weighted by Gasteiger charge is 2.06. The number of carboxylic acid groups (broad SMARTS) is 1. The van der Waals surface area contributed by atoms with E-state index in [1.807, 2.05) is 6.07 Å². The molecule has 0 aliphatic rings. The second-order valence-electron chi connectivity index (χ2n) is 4.58. The standard InChI is InChI=1S/C15H15N3O3/c16-11-3-1-2-10(6-11)7-14(19)18-13-5-4-12(17-9-13)8-15(20)21/h1-6,9H,7-8,16H2,(H,18,19)(H,20,21). The van der Waals surface area contributed by atoms with Gasteiger partial charge in [-0.3, -0.25) is 14.6 Å². The van der Waals surface area contributed by atoms with E-state index in [0.29, 0.717) is 17.1 Å². The number of carbonyl (C=O) groups excluding carboxylic acids is 1. The Morgan fingerprint density at radius 2 is 2.00 bits per heavy atom. The van der Waals surface area contributed by atoms with E-state index >= 15 is 0 Å². The number of nitrogen functional groups attached to an aromatic ring is 1. The smallest absolute Gasteiger partial charge is 0.309 e. The lowest BCUT2D eigenvalue weighted by atomic mass is 10.1. The number of aliphatic carboxylic acids is 1.